The van der Waals surface area contributed by atoms with Crippen molar-refractivity contribution in [2.45, 2.75) is 27.3 Å². The van der Waals surface area contributed by atoms with Crippen LogP contribution < -0.4 is 10.1 Å². The fourth-order valence-corrected chi connectivity index (χ4v) is 2.45. The van der Waals surface area contributed by atoms with Crippen molar-refractivity contribution in [1.82, 2.24) is 9.78 Å². The molecule has 1 N–H and O–H groups in total. The lowest BCUT2D eigenvalue weighted by Crippen LogP contribution is -2.25. The zero-order valence-electron chi connectivity index (χ0n) is 13.2. The lowest BCUT2D eigenvalue weighted by Gasteiger charge is -2.14. The molecular weight excluding hydrogens is 346 g/mol. The Balaban J connectivity index is 2.04. The van der Waals surface area contributed by atoms with Crippen LogP contribution in [0.4, 0.5) is 5.69 Å². The van der Waals surface area contributed by atoms with Crippen LogP contribution in [-0.4, -0.2) is 22.8 Å². The Morgan fingerprint density at radius 2 is 2.18 bits per heavy atom. The molecule has 0 aliphatic carbocycles. The molecule has 0 aliphatic rings. The monoisotopic (exact) mass is 365 g/mol. The van der Waals surface area contributed by atoms with Gasteiger partial charge in [-0.3, -0.25) is 9.48 Å². The number of anilines is 1. The summed E-state index contributed by atoms with van der Waals surface area (Å²) in [5.74, 6) is 0.473. The Labute approximate surface area is 138 Å². The Morgan fingerprint density at radius 3 is 2.77 bits per heavy atom. The van der Waals surface area contributed by atoms with E-state index in [1.807, 2.05) is 43.7 Å². The Morgan fingerprint density at radius 1 is 1.45 bits per heavy atom. The van der Waals surface area contributed by atoms with Crippen LogP contribution in [0.5, 0.6) is 5.75 Å². The normalized spacial score (nSPS) is 12.0. The van der Waals surface area contributed by atoms with Gasteiger partial charge in [-0.15, -0.1) is 0 Å². The number of amides is 1. The highest BCUT2D eigenvalue weighted by Crippen LogP contribution is 2.21. The second-order valence-electron chi connectivity index (χ2n) is 5.29. The van der Waals surface area contributed by atoms with Crippen molar-refractivity contribution in [1.29, 1.82) is 0 Å². The van der Waals surface area contributed by atoms with Gasteiger partial charge in [0, 0.05) is 17.4 Å². The van der Waals surface area contributed by atoms with Gasteiger partial charge in [-0.25, -0.2) is 0 Å². The third kappa shape index (κ3) is 3.68. The first-order valence-corrected chi connectivity index (χ1v) is 7.86. The van der Waals surface area contributed by atoms with Crippen LogP contribution in [0.2, 0.25) is 0 Å². The second kappa shape index (κ2) is 6.96. The molecule has 1 atom stereocenters. The number of ether oxygens (including phenoxy) is 1. The first-order chi connectivity index (χ1) is 10.4. The SMILES string of the molecule is COc1cccc(NC(=O)[C@@H](C)Cn2nc(C)c(Br)c2C)c1. The number of halogens is 1. The molecule has 1 heterocycles. The molecule has 22 heavy (non-hydrogen) atoms. The Kier molecular flexibility index (Phi) is 5.24. The summed E-state index contributed by atoms with van der Waals surface area (Å²) in [5.41, 5.74) is 2.68. The van der Waals surface area contributed by atoms with Crippen molar-refractivity contribution >= 4 is 27.5 Å². The number of nitrogens with one attached hydrogen (secondary N) is 1. The maximum absolute atomic E-state index is 12.3. The summed E-state index contributed by atoms with van der Waals surface area (Å²) in [6.45, 7) is 6.35. The van der Waals surface area contributed by atoms with Crippen molar-refractivity contribution in [2.75, 3.05) is 12.4 Å². The Bertz CT molecular complexity index is 682. The number of hydrogen-bond donors (Lipinski definition) is 1. The number of hydrogen-bond acceptors (Lipinski definition) is 3. The molecule has 6 heteroatoms. The Hall–Kier alpha value is -1.82. The number of carbonyl (C=O) groups is 1. The number of benzene rings is 1. The van der Waals surface area contributed by atoms with Crippen molar-refractivity contribution < 1.29 is 9.53 Å². The minimum atomic E-state index is -0.198. The van der Waals surface area contributed by atoms with Crippen molar-refractivity contribution in [3.63, 3.8) is 0 Å². The van der Waals surface area contributed by atoms with E-state index in [4.69, 9.17) is 4.74 Å². The van der Waals surface area contributed by atoms with Crippen LogP contribution in [0, 0.1) is 19.8 Å². The van der Waals surface area contributed by atoms with Gasteiger partial charge >= 0.3 is 0 Å². The highest BCUT2D eigenvalue weighted by molar-refractivity contribution is 9.10. The standard InChI is InChI=1S/C16H20BrN3O2/c1-10(9-20-12(3)15(17)11(2)19-20)16(21)18-13-6-5-7-14(8-13)22-4/h5-8,10H,9H2,1-4H3,(H,18,21)/t10-/m0/s1. The molecule has 1 amide bonds. The predicted molar refractivity (Wildman–Crippen MR) is 90.2 cm³/mol. The van der Waals surface area contributed by atoms with Gasteiger partial charge in [-0.1, -0.05) is 13.0 Å². The molecule has 0 fully saturated rings. The molecular formula is C16H20BrN3O2. The van der Waals surface area contributed by atoms with Crippen LogP contribution in [0.3, 0.4) is 0 Å². The topological polar surface area (TPSA) is 56.1 Å². The zero-order chi connectivity index (χ0) is 16.3. The molecule has 0 saturated heterocycles. The zero-order valence-corrected chi connectivity index (χ0v) is 14.8. The number of carbonyl (C=O) groups excluding carboxylic acids is 1. The van der Waals surface area contributed by atoms with Gasteiger partial charge in [0.1, 0.15) is 5.75 Å². The van der Waals surface area contributed by atoms with Gasteiger partial charge < -0.3 is 10.1 Å². The van der Waals surface area contributed by atoms with Crippen molar-refractivity contribution in [3.05, 3.63) is 40.1 Å². The summed E-state index contributed by atoms with van der Waals surface area (Å²) < 4.78 is 8.00. The van der Waals surface area contributed by atoms with Gasteiger partial charge in [0.15, 0.2) is 0 Å². The summed E-state index contributed by atoms with van der Waals surface area (Å²) in [6, 6.07) is 7.32. The van der Waals surface area contributed by atoms with Crippen LogP contribution in [0.1, 0.15) is 18.3 Å². The van der Waals surface area contributed by atoms with Crippen molar-refractivity contribution in [3.8, 4) is 5.75 Å². The van der Waals surface area contributed by atoms with Crippen molar-refractivity contribution in [2.24, 2.45) is 5.92 Å². The fourth-order valence-electron chi connectivity index (χ4n) is 2.16. The van der Waals surface area contributed by atoms with E-state index in [0.717, 1.165) is 21.5 Å². The molecule has 2 aromatic rings. The minimum Gasteiger partial charge on any atom is -0.497 e. The molecule has 0 radical (unpaired) electrons. The first-order valence-electron chi connectivity index (χ1n) is 7.06. The second-order valence-corrected chi connectivity index (χ2v) is 6.08. The molecule has 2 rings (SSSR count). The summed E-state index contributed by atoms with van der Waals surface area (Å²) in [5, 5.41) is 7.34. The largest absolute Gasteiger partial charge is 0.497 e. The van der Waals surface area contributed by atoms with Gasteiger partial charge in [-0.2, -0.15) is 5.10 Å². The summed E-state index contributed by atoms with van der Waals surface area (Å²) >= 11 is 3.50. The van der Waals surface area contributed by atoms with Gasteiger partial charge in [-0.05, 0) is 41.9 Å². The number of aromatic nitrogens is 2. The highest BCUT2D eigenvalue weighted by Gasteiger charge is 2.17. The van der Waals surface area contributed by atoms with E-state index in [0.29, 0.717) is 12.3 Å². The van der Waals surface area contributed by atoms with Gasteiger partial charge in [0.05, 0.1) is 29.7 Å². The lowest BCUT2D eigenvalue weighted by atomic mass is 10.1. The van der Waals surface area contributed by atoms with Crippen LogP contribution in [0.25, 0.3) is 0 Å². The predicted octanol–water partition coefficient (Wildman–Crippen LogP) is 3.55. The first kappa shape index (κ1) is 16.5. The molecule has 1 aromatic heterocycles. The summed E-state index contributed by atoms with van der Waals surface area (Å²) in [4.78, 5) is 12.3. The molecule has 0 saturated carbocycles. The molecule has 0 spiro atoms. The van der Waals surface area contributed by atoms with Gasteiger partial charge in [0.2, 0.25) is 5.91 Å². The van der Waals surface area contributed by atoms with E-state index in [9.17, 15) is 4.79 Å². The molecule has 118 valence electrons. The molecule has 0 aliphatic heterocycles. The highest BCUT2D eigenvalue weighted by atomic mass is 79.9. The smallest absolute Gasteiger partial charge is 0.229 e. The molecule has 1 aromatic carbocycles. The van der Waals surface area contributed by atoms with Crippen LogP contribution in [0.15, 0.2) is 28.7 Å². The third-order valence-electron chi connectivity index (χ3n) is 3.52. The summed E-state index contributed by atoms with van der Waals surface area (Å²) in [7, 11) is 1.60. The number of aryl methyl sites for hydroxylation is 1. The molecule has 5 nitrogen and oxygen atoms in total. The van der Waals surface area contributed by atoms with E-state index >= 15 is 0 Å². The number of rotatable bonds is 5. The molecule has 0 unspecified atom stereocenters. The lowest BCUT2D eigenvalue weighted by molar-refractivity contribution is -0.119. The number of nitrogens with zero attached hydrogens (tertiary/aromatic N) is 2. The third-order valence-corrected chi connectivity index (χ3v) is 4.67. The fraction of sp³-hybridized carbons (Fsp3) is 0.375. The quantitative estimate of drug-likeness (QED) is 0.881. The van der Waals surface area contributed by atoms with Gasteiger partial charge in [0.25, 0.3) is 0 Å². The van der Waals surface area contributed by atoms with E-state index in [1.54, 1.807) is 13.2 Å². The van der Waals surface area contributed by atoms with Crippen LogP contribution >= 0.6 is 15.9 Å². The van der Waals surface area contributed by atoms with Crippen LogP contribution in [-0.2, 0) is 11.3 Å². The van der Waals surface area contributed by atoms with E-state index in [1.165, 1.54) is 0 Å². The molecule has 0 bridgehead atoms. The van der Waals surface area contributed by atoms with E-state index in [2.05, 4.69) is 26.3 Å². The van der Waals surface area contributed by atoms with E-state index < -0.39 is 0 Å². The van der Waals surface area contributed by atoms with E-state index in [-0.39, 0.29) is 11.8 Å². The summed E-state index contributed by atoms with van der Waals surface area (Å²) in [6.07, 6.45) is 0. The average molecular weight is 366 g/mol. The average Bonchev–Trinajstić information content (AvgIpc) is 2.74. The maximum atomic E-state index is 12.3. The minimum absolute atomic E-state index is 0.0445. The maximum Gasteiger partial charge on any atom is 0.229 e. The number of methoxy groups -OCH3 is 1.